The van der Waals surface area contributed by atoms with Gasteiger partial charge >= 0.3 is 0 Å². The molecule has 0 radical (unpaired) electrons. The van der Waals surface area contributed by atoms with E-state index in [1.165, 1.54) is 11.3 Å². The van der Waals surface area contributed by atoms with Gasteiger partial charge in [0, 0.05) is 39.3 Å². The van der Waals surface area contributed by atoms with Crippen molar-refractivity contribution in [2.45, 2.75) is 25.8 Å². The molecule has 6 rings (SSSR count). The average molecular weight is 454 g/mol. The van der Waals surface area contributed by atoms with Gasteiger partial charge in [-0.3, -0.25) is 0 Å². The second-order valence-corrected chi connectivity index (χ2v) is 9.11. The molecule has 1 aliphatic carbocycles. The van der Waals surface area contributed by atoms with E-state index in [1.54, 1.807) is 0 Å². The zero-order valence-electron chi connectivity index (χ0n) is 19.9. The predicted octanol–water partition coefficient (Wildman–Crippen LogP) is 6.28. The van der Waals surface area contributed by atoms with Gasteiger partial charge in [0.25, 0.3) is 0 Å². The number of anilines is 2. The molecule has 0 N–H and O–H groups in total. The lowest BCUT2D eigenvalue weighted by molar-refractivity contribution is 0.867. The summed E-state index contributed by atoms with van der Waals surface area (Å²) in [6, 6.07) is 27.7. The molecule has 0 saturated heterocycles. The van der Waals surface area contributed by atoms with Gasteiger partial charge in [-0.05, 0) is 43.5 Å². The van der Waals surface area contributed by atoms with Crippen LogP contribution in [0.25, 0.3) is 40.4 Å². The standard InChI is InChI=1S/C32H27N3/c1-22-16-17-23(2)35(30-15-9-7-12-27(22)30)26-20-18-24(19-21-26)31-28-13-6-8-14-29(28)33-32(34-31)25-10-4-3-5-11-25/h3-5,7,9-21,23H,1,6,8H2,2H3. The first-order chi connectivity index (χ1) is 17.2. The molecule has 0 spiro atoms. The number of hydrogen-bond donors (Lipinski definition) is 0. The van der Waals surface area contributed by atoms with Gasteiger partial charge in [-0.1, -0.05) is 91.5 Å². The van der Waals surface area contributed by atoms with Crippen LogP contribution >= 0.6 is 0 Å². The van der Waals surface area contributed by atoms with Gasteiger partial charge < -0.3 is 4.90 Å². The molecule has 1 atom stereocenters. The molecule has 3 nitrogen and oxygen atoms in total. The summed E-state index contributed by atoms with van der Waals surface area (Å²) in [5, 5.41) is 2.17. The van der Waals surface area contributed by atoms with Gasteiger partial charge in [-0.25, -0.2) is 9.97 Å². The Labute approximate surface area is 206 Å². The van der Waals surface area contributed by atoms with E-state index >= 15 is 0 Å². The van der Waals surface area contributed by atoms with E-state index < -0.39 is 0 Å². The molecule has 1 aliphatic heterocycles. The summed E-state index contributed by atoms with van der Waals surface area (Å²) in [5.74, 6) is 0.772. The molecule has 0 saturated carbocycles. The Balaban J connectivity index is 1.46. The lowest BCUT2D eigenvalue weighted by Crippen LogP contribution is -2.33. The van der Waals surface area contributed by atoms with Crippen LogP contribution in [0.3, 0.4) is 0 Å². The summed E-state index contributed by atoms with van der Waals surface area (Å²) in [7, 11) is 0. The Morgan fingerprint density at radius 1 is 0.800 bits per heavy atom. The van der Waals surface area contributed by atoms with E-state index in [1.807, 2.05) is 18.2 Å². The molecule has 0 bridgehead atoms. The average Bonchev–Trinajstić information content (AvgIpc) is 3.04. The number of nitrogens with zero attached hydrogens (tertiary/aromatic N) is 3. The van der Waals surface area contributed by atoms with Crippen molar-refractivity contribution in [2.24, 2.45) is 0 Å². The Kier molecular flexibility index (Phi) is 5.38. The van der Waals surface area contributed by atoms with Crippen molar-refractivity contribution in [1.82, 2.24) is 9.97 Å². The molecule has 1 unspecified atom stereocenters. The fraction of sp³-hybridized carbons (Fsp3) is 0.125. The highest BCUT2D eigenvalue weighted by molar-refractivity contribution is 5.86. The maximum Gasteiger partial charge on any atom is 0.160 e. The van der Waals surface area contributed by atoms with Gasteiger partial charge in [0.05, 0.1) is 11.0 Å². The molecule has 3 aromatic carbocycles. The number of para-hydroxylation sites is 1. The molecule has 1 aromatic heterocycles. The fourth-order valence-electron chi connectivity index (χ4n) is 4.99. The fourth-order valence-corrected chi connectivity index (χ4v) is 4.99. The molecule has 4 aromatic rings. The van der Waals surface area contributed by atoms with Crippen molar-refractivity contribution in [3.8, 4) is 22.6 Å². The van der Waals surface area contributed by atoms with Crippen molar-refractivity contribution < 1.29 is 0 Å². The van der Waals surface area contributed by atoms with Crippen LogP contribution in [0.1, 0.15) is 25.3 Å². The summed E-state index contributed by atoms with van der Waals surface area (Å²) >= 11 is 0. The topological polar surface area (TPSA) is 29.0 Å². The van der Waals surface area contributed by atoms with Crippen LogP contribution in [0.5, 0.6) is 0 Å². The van der Waals surface area contributed by atoms with E-state index in [2.05, 4.69) is 103 Å². The van der Waals surface area contributed by atoms with Crippen LogP contribution in [-0.4, -0.2) is 16.0 Å². The van der Waals surface area contributed by atoms with Gasteiger partial charge in [0.2, 0.25) is 0 Å². The summed E-state index contributed by atoms with van der Waals surface area (Å²) in [6.07, 6.45) is 10.9. The predicted molar refractivity (Wildman–Crippen MR) is 147 cm³/mol. The molecular weight excluding hydrogens is 426 g/mol. The van der Waals surface area contributed by atoms with E-state index in [-0.39, 0.29) is 6.04 Å². The second kappa shape index (κ2) is 8.84. The van der Waals surface area contributed by atoms with Crippen molar-refractivity contribution >= 4 is 29.1 Å². The highest BCUT2D eigenvalue weighted by Crippen LogP contribution is 2.37. The van der Waals surface area contributed by atoms with Crippen molar-refractivity contribution in [2.75, 3.05) is 4.90 Å². The Morgan fingerprint density at radius 3 is 2.37 bits per heavy atom. The molecule has 2 heterocycles. The smallest absolute Gasteiger partial charge is 0.160 e. The minimum absolute atomic E-state index is 0.209. The summed E-state index contributed by atoms with van der Waals surface area (Å²) < 4.78 is 0. The van der Waals surface area contributed by atoms with Crippen LogP contribution < -0.4 is 15.5 Å². The van der Waals surface area contributed by atoms with Gasteiger partial charge in [-0.15, -0.1) is 0 Å². The summed E-state index contributed by atoms with van der Waals surface area (Å²) in [6.45, 7) is 6.49. The molecule has 170 valence electrons. The van der Waals surface area contributed by atoms with Crippen LogP contribution in [0.4, 0.5) is 11.4 Å². The molecular formula is C32H27N3. The van der Waals surface area contributed by atoms with E-state index in [0.717, 1.165) is 57.3 Å². The molecule has 3 heteroatoms. The first kappa shape index (κ1) is 21.3. The lowest BCUT2D eigenvalue weighted by Gasteiger charge is -2.30. The quantitative estimate of drug-likeness (QED) is 0.366. The first-order valence-corrected chi connectivity index (χ1v) is 12.2. The van der Waals surface area contributed by atoms with Crippen molar-refractivity contribution in [3.05, 3.63) is 114 Å². The zero-order chi connectivity index (χ0) is 23.8. The highest BCUT2D eigenvalue weighted by atomic mass is 15.2. The Bertz CT molecular complexity index is 1560. The Morgan fingerprint density at radius 2 is 1.54 bits per heavy atom. The number of rotatable bonds is 3. The van der Waals surface area contributed by atoms with Crippen LogP contribution in [0.15, 0.2) is 97.6 Å². The number of allylic oxidation sites excluding steroid dienone is 2. The molecule has 2 aliphatic rings. The molecule has 35 heavy (non-hydrogen) atoms. The third kappa shape index (κ3) is 3.89. The van der Waals surface area contributed by atoms with Crippen molar-refractivity contribution in [1.29, 1.82) is 0 Å². The maximum absolute atomic E-state index is 5.05. The van der Waals surface area contributed by atoms with E-state index in [0.29, 0.717) is 0 Å². The monoisotopic (exact) mass is 453 g/mol. The number of hydrogen-bond acceptors (Lipinski definition) is 3. The van der Waals surface area contributed by atoms with Gasteiger partial charge in [-0.2, -0.15) is 0 Å². The maximum atomic E-state index is 5.05. The third-order valence-corrected chi connectivity index (χ3v) is 6.77. The summed E-state index contributed by atoms with van der Waals surface area (Å²) in [4.78, 5) is 12.3. The molecule has 0 amide bonds. The van der Waals surface area contributed by atoms with E-state index in [4.69, 9.17) is 9.97 Å². The van der Waals surface area contributed by atoms with E-state index in [9.17, 15) is 0 Å². The second-order valence-electron chi connectivity index (χ2n) is 9.11. The number of benzene rings is 3. The number of aromatic nitrogens is 2. The summed E-state index contributed by atoms with van der Waals surface area (Å²) in [5.41, 5.74) is 7.67. The highest BCUT2D eigenvalue weighted by Gasteiger charge is 2.21. The zero-order valence-corrected chi connectivity index (χ0v) is 19.9. The third-order valence-electron chi connectivity index (χ3n) is 6.77. The Hall–Kier alpha value is -4.24. The normalized spacial score (nSPS) is 16.5. The van der Waals surface area contributed by atoms with Gasteiger partial charge in [0.15, 0.2) is 5.82 Å². The SMILES string of the molecule is C=C1C=CC(C)N(c2ccc(-c3nc(-c4ccccc4)nc4c3=CCCC=4)cc2)c2ccccc21. The minimum atomic E-state index is 0.209. The first-order valence-electron chi connectivity index (χ1n) is 12.2. The number of fused-ring (bicyclic) bond motifs is 2. The van der Waals surface area contributed by atoms with Gasteiger partial charge in [0.1, 0.15) is 0 Å². The minimum Gasteiger partial charge on any atom is -0.334 e. The van der Waals surface area contributed by atoms with Crippen LogP contribution in [0.2, 0.25) is 0 Å². The molecule has 0 fully saturated rings. The lowest BCUT2D eigenvalue weighted by atomic mass is 10.0. The largest absolute Gasteiger partial charge is 0.334 e. The van der Waals surface area contributed by atoms with Crippen LogP contribution in [-0.2, 0) is 0 Å². The van der Waals surface area contributed by atoms with Crippen LogP contribution in [0, 0.1) is 0 Å². The van der Waals surface area contributed by atoms with Crippen molar-refractivity contribution in [3.63, 3.8) is 0 Å².